The summed E-state index contributed by atoms with van der Waals surface area (Å²) in [6.07, 6.45) is 0.950. The van der Waals surface area contributed by atoms with Gasteiger partial charge in [0.15, 0.2) is 0 Å². The Morgan fingerprint density at radius 2 is 1.83 bits per heavy atom. The van der Waals surface area contributed by atoms with Crippen LogP contribution < -0.4 is 4.74 Å². The number of benzene rings is 2. The first-order valence-electron chi connectivity index (χ1n) is 9.36. The van der Waals surface area contributed by atoms with Gasteiger partial charge in [0.25, 0.3) is 5.69 Å². The first kappa shape index (κ1) is 22.0. The number of methoxy groups -OCH3 is 1. The van der Waals surface area contributed by atoms with Gasteiger partial charge in [0.1, 0.15) is 16.7 Å². The van der Waals surface area contributed by atoms with Crippen LogP contribution in [-0.4, -0.2) is 39.9 Å². The first-order valence-corrected chi connectivity index (χ1v) is 10.1. The molecule has 1 fully saturated rings. The summed E-state index contributed by atoms with van der Waals surface area (Å²) in [5.74, 6) is 0.994. The van der Waals surface area contributed by atoms with Gasteiger partial charge in [-0.25, -0.2) is 4.79 Å². The molecular formula is C21H21ClN2O5S. The zero-order valence-corrected chi connectivity index (χ0v) is 17.9. The first-order chi connectivity index (χ1) is 14.4. The predicted molar refractivity (Wildman–Crippen MR) is 117 cm³/mol. The van der Waals surface area contributed by atoms with Crippen molar-refractivity contribution < 1.29 is 19.2 Å². The highest BCUT2D eigenvalue weighted by molar-refractivity contribution is 7.83. The molecular weight excluding hydrogens is 428 g/mol. The Bertz CT molecular complexity index is 920. The van der Waals surface area contributed by atoms with E-state index in [2.05, 4.69) is 0 Å². The molecule has 2 aromatic rings. The Hall–Kier alpha value is -2.71. The number of carbonyl (C=O) groups is 1. The lowest BCUT2D eigenvalue weighted by atomic mass is 9.97. The van der Waals surface area contributed by atoms with Gasteiger partial charge in [-0.1, -0.05) is 36.0 Å². The molecule has 1 amide bonds. The maximum absolute atomic E-state index is 12.7. The number of thiocarbonyl (C=S) groups is 1. The van der Waals surface area contributed by atoms with E-state index < -0.39 is 11.0 Å². The molecule has 7 nitrogen and oxygen atoms in total. The van der Waals surface area contributed by atoms with Gasteiger partial charge in [-0.15, -0.1) is 0 Å². The van der Waals surface area contributed by atoms with E-state index in [0.29, 0.717) is 18.5 Å². The molecule has 2 aromatic carbocycles. The highest BCUT2D eigenvalue weighted by Crippen LogP contribution is 2.29. The van der Waals surface area contributed by atoms with Crippen molar-refractivity contribution in [1.29, 1.82) is 0 Å². The SMILES string of the molecule is COc1ccc(C[C@H]2C[C@@H](C(=S)Cl)N(C(=O)OCc3ccc([N+](=O)[O-])cc3)C2)cc1. The Kier molecular flexibility index (Phi) is 7.23. The van der Waals surface area contributed by atoms with Crippen LogP contribution in [0, 0.1) is 16.0 Å². The number of amides is 1. The van der Waals surface area contributed by atoms with Crippen molar-refractivity contribution in [3.8, 4) is 5.75 Å². The number of rotatable bonds is 7. The lowest BCUT2D eigenvalue weighted by Crippen LogP contribution is -2.38. The molecule has 0 aliphatic carbocycles. The summed E-state index contributed by atoms with van der Waals surface area (Å²) in [4.78, 5) is 24.5. The van der Waals surface area contributed by atoms with Gasteiger partial charge in [0.2, 0.25) is 0 Å². The van der Waals surface area contributed by atoms with Gasteiger partial charge in [-0.2, -0.15) is 0 Å². The maximum Gasteiger partial charge on any atom is 0.410 e. The van der Waals surface area contributed by atoms with Crippen molar-refractivity contribution >= 4 is 39.9 Å². The quantitative estimate of drug-likeness (QED) is 0.263. The molecule has 0 aromatic heterocycles. The topological polar surface area (TPSA) is 81.9 Å². The van der Waals surface area contributed by atoms with E-state index in [1.54, 1.807) is 24.1 Å². The van der Waals surface area contributed by atoms with E-state index in [-0.39, 0.29) is 28.6 Å². The summed E-state index contributed by atoms with van der Waals surface area (Å²) >= 11 is 11.3. The molecule has 158 valence electrons. The Labute approximate surface area is 184 Å². The fraction of sp³-hybridized carbons (Fsp3) is 0.333. The van der Waals surface area contributed by atoms with E-state index in [1.165, 1.54) is 12.1 Å². The third-order valence-corrected chi connectivity index (χ3v) is 5.60. The lowest BCUT2D eigenvalue weighted by Gasteiger charge is -2.22. The molecule has 0 N–H and O–H groups in total. The van der Waals surface area contributed by atoms with Crippen molar-refractivity contribution in [2.75, 3.05) is 13.7 Å². The third kappa shape index (κ3) is 5.46. The number of non-ortho nitro benzene ring substituents is 1. The van der Waals surface area contributed by atoms with E-state index >= 15 is 0 Å². The molecule has 9 heteroatoms. The minimum absolute atomic E-state index is 0.0121. The largest absolute Gasteiger partial charge is 0.497 e. The fourth-order valence-corrected chi connectivity index (χ4v) is 3.95. The van der Waals surface area contributed by atoms with Crippen LogP contribution in [-0.2, 0) is 17.8 Å². The number of hydrogen-bond acceptors (Lipinski definition) is 6. The highest BCUT2D eigenvalue weighted by Gasteiger charge is 2.38. The van der Waals surface area contributed by atoms with Crippen LogP contribution in [0.3, 0.4) is 0 Å². The molecule has 1 aliphatic heterocycles. The Balaban J connectivity index is 1.60. The van der Waals surface area contributed by atoms with E-state index in [1.807, 2.05) is 24.3 Å². The summed E-state index contributed by atoms with van der Waals surface area (Å²) in [6.45, 7) is 0.501. The van der Waals surface area contributed by atoms with Gasteiger partial charge in [-0.3, -0.25) is 15.0 Å². The van der Waals surface area contributed by atoms with E-state index in [4.69, 9.17) is 33.3 Å². The molecule has 1 saturated heterocycles. The average Bonchev–Trinajstić information content (AvgIpc) is 3.17. The highest BCUT2D eigenvalue weighted by atomic mass is 35.5. The van der Waals surface area contributed by atoms with Crippen molar-refractivity contribution in [3.05, 3.63) is 69.8 Å². The van der Waals surface area contributed by atoms with Crippen LogP contribution in [0.2, 0.25) is 0 Å². The van der Waals surface area contributed by atoms with Gasteiger partial charge >= 0.3 is 6.09 Å². The number of nitro benzene ring substituents is 1. The van der Waals surface area contributed by atoms with E-state index in [0.717, 1.165) is 17.7 Å². The monoisotopic (exact) mass is 448 g/mol. The second-order valence-electron chi connectivity index (χ2n) is 7.10. The molecule has 0 unspecified atom stereocenters. The number of halogens is 1. The summed E-state index contributed by atoms with van der Waals surface area (Å²) in [5, 5.41) is 10.7. The molecule has 0 spiro atoms. The average molecular weight is 449 g/mol. The molecule has 0 saturated carbocycles. The van der Waals surface area contributed by atoms with Crippen LogP contribution in [0.5, 0.6) is 5.75 Å². The smallest absolute Gasteiger partial charge is 0.410 e. The van der Waals surface area contributed by atoms with Gasteiger partial charge in [0.05, 0.1) is 18.1 Å². The summed E-state index contributed by atoms with van der Waals surface area (Å²) in [6, 6.07) is 13.3. The maximum atomic E-state index is 12.7. The van der Waals surface area contributed by atoms with Crippen molar-refractivity contribution in [2.24, 2.45) is 5.92 Å². The minimum atomic E-state index is -0.501. The van der Waals surface area contributed by atoms with Gasteiger partial charge in [-0.05, 0) is 54.2 Å². The summed E-state index contributed by atoms with van der Waals surface area (Å²) in [5.41, 5.74) is 1.78. The van der Waals surface area contributed by atoms with Gasteiger partial charge in [0, 0.05) is 18.7 Å². The zero-order chi connectivity index (χ0) is 21.7. The normalized spacial score (nSPS) is 18.1. The molecule has 0 bridgehead atoms. The minimum Gasteiger partial charge on any atom is -0.497 e. The standard InChI is InChI=1S/C21H21ClN2O5S/c1-28-18-8-4-14(5-9-18)10-16-11-19(20(22)30)23(12-16)21(25)29-13-15-2-6-17(7-3-15)24(26)27/h2-9,16,19H,10-13H2,1H3/t16-,19-/m0/s1. The zero-order valence-electron chi connectivity index (χ0n) is 16.3. The van der Waals surface area contributed by atoms with E-state index in [9.17, 15) is 14.9 Å². The second kappa shape index (κ2) is 9.86. The number of nitro groups is 1. The van der Waals surface area contributed by atoms with Crippen LogP contribution >= 0.6 is 23.8 Å². The summed E-state index contributed by atoms with van der Waals surface area (Å²) < 4.78 is 10.8. The number of likely N-dealkylation sites (tertiary alicyclic amines) is 1. The Morgan fingerprint density at radius 3 is 2.40 bits per heavy atom. The van der Waals surface area contributed by atoms with Crippen molar-refractivity contribution in [2.45, 2.75) is 25.5 Å². The third-order valence-electron chi connectivity index (χ3n) is 5.08. The number of hydrogen-bond donors (Lipinski definition) is 0. The predicted octanol–water partition coefficient (Wildman–Crippen LogP) is 4.74. The molecule has 2 atom stereocenters. The molecule has 0 radical (unpaired) electrons. The van der Waals surface area contributed by atoms with Crippen LogP contribution in [0.4, 0.5) is 10.5 Å². The molecule has 3 rings (SSSR count). The van der Waals surface area contributed by atoms with Gasteiger partial charge < -0.3 is 9.47 Å². The number of nitrogens with zero attached hydrogens (tertiary/aromatic N) is 2. The van der Waals surface area contributed by atoms with Crippen LogP contribution in [0.15, 0.2) is 48.5 Å². The van der Waals surface area contributed by atoms with Crippen molar-refractivity contribution in [3.63, 3.8) is 0 Å². The fourth-order valence-electron chi connectivity index (χ4n) is 3.52. The summed E-state index contributed by atoms with van der Waals surface area (Å²) in [7, 11) is 1.62. The van der Waals surface area contributed by atoms with Crippen LogP contribution in [0.25, 0.3) is 0 Å². The molecule has 1 heterocycles. The lowest BCUT2D eigenvalue weighted by molar-refractivity contribution is -0.384. The number of ether oxygens (including phenoxy) is 2. The Morgan fingerprint density at radius 1 is 1.20 bits per heavy atom. The number of carbonyl (C=O) groups excluding carboxylic acids is 1. The van der Waals surface area contributed by atoms with Crippen molar-refractivity contribution in [1.82, 2.24) is 4.90 Å². The molecule has 1 aliphatic rings. The molecule has 30 heavy (non-hydrogen) atoms. The van der Waals surface area contributed by atoms with Crippen LogP contribution in [0.1, 0.15) is 17.5 Å². The second-order valence-corrected chi connectivity index (χ2v) is 8.18.